The summed E-state index contributed by atoms with van der Waals surface area (Å²) in [6, 6.07) is 11.9. The van der Waals surface area contributed by atoms with E-state index in [1.807, 2.05) is 18.2 Å². The molecule has 3 aromatic carbocycles. The molecule has 2 aromatic heterocycles. The van der Waals surface area contributed by atoms with Crippen molar-refractivity contribution in [1.29, 1.82) is 0 Å². The van der Waals surface area contributed by atoms with Gasteiger partial charge in [-0.25, -0.2) is 13.8 Å². The zero-order valence-electron chi connectivity index (χ0n) is 19.3. The first kappa shape index (κ1) is 23.0. The Balaban J connectivity index is 1.60. The van der Waals surface area contributed by atoms with E-state index in [9.17, 15) is 18.4 Å². The molecule has 8 nitrogen and oxygen atoms in total. The van der Waals surface area contributed by atoms with Crippen LogP contribution in [0.4, 0.5) is 26.2 Å². The Morgan fingerprint density at radius 3 is 2.36 bits per heavy atom. The minimum Gasteiger partial charge on any atom is -0.350 e. The summed E-state index contributed by atoms with van der Waals surface area (Å²) in [4.78, 5) is 33.6. The molecule has 10 heteroatoms. The molecule has 5 rings (SSSR count). The summed E-state index contributed by atoms with van der Waals surface area (Å²) in [6.45, 7) is 2.83. The van der Waals surface area contributed by atoms with Gasteiger partial charge >= 0.3 is 0 Å². The zero-order chi connectivity index (χ0) is 25.4. The maximum atomic E-state index is 13.6. The Morgan fingerprint density at radius 1 is 0.917 bits per heavy atom. The van der Waals surface area contributed by atoms with E-state index in [0.29, 0.717) is 28.0 Å². The Hall–Kier alpha value is -4.73. The predicted octanol–water partition coefficient (Wildman–Crippen LogP) is 5.55. The van der Waals surface area contributed by atoms with Gasteiger partial charge in [0.05, 0.1) is 17.2 Å². The Labute approximate surface area is 203 Å². The molecule has 0 unspecified atom stereocenters. The largest absolute Gasteiger partial charge is 0.350 e. The topological polar surface area (TPSA) is 113 Å². The minimum absolute atomic E-state index is 0.0612. The molecule has 180 valence electrons. The third-order valence-corrected chi connectivity index (χ3v) is 5.67. The Morgan fingerprint density at radius 2 is 1.64 bits per heavy atom. The molecule has 0 radical (unpaired) electrons. The maximum Gasteiger partial charge on any atom is 0.225 e. The third kappa shape index (κ3) is 4.61. The second-order valence-electron chi connectivity index (χ2n) is 8.35. The fourth-order valence-electron chi connectivity index (χ4n) is 3.98. The number of benzene rings is 3. The van der Waals surface area contributed by atoms with Crippen molar-refractivity contribution in [2.75, 3.05) is 10.6 Å². The van der Waals surface area contributed by atoms with Gasteiger partial charge in [-0.15, -0.1) is 0 Å². The molecule has 0 aliphatic heterocycles. The quantitative estimate of drug-likeness (QED) is 0.259. The molecule has 3 N–H and O–H groups in total. The lowest BCUT2D eigenvalue weighted by Gasteiger charge is -2.14. The third-order valence-electron chi connectivity index (χ3n) is 5.67. The minimum atomic E-state index is -0.689. The van der Waals surface area contributed by atoms with E-state index < -0.39 is 11.6 Å². The van der Waals surface area contributed by atoms with Gasteiger partial charge in [0, 0.05) is 40.2 Å². The van der Waals surface area contributed by atoms with Gasteiger partial charge in [-0.2, -0.15) is 10.1 Å². The predicted molar refractivity (Wildman–Crippen MR) is 133 cm³/mol. The summed E-state index contributed by atoms with van der Waals surface area (Å²) in [5.41, 5.74) is 2.87. The molecule has 5 aromatic rings. The van der Waals surface area contributed by atoms with E-state index in [1.54, 1.807) is 18.3 Å². The van der Waals surface area contributed by atoms with Crippen molar-refractivity contribution >= 4 is 50.8 Å². The van der Waals surface area contributed by atoms with Crippen LogP contribution in [-0.2, 0) is 6.54 Å². The average Bonchev–Trinajstić information content (AvgIpc) is 3.29. The van der Waals surface area contributed by atoms with Crippen molar-refractivity contribution in [2.24, 2.45) is 0 Å². The number of nitrogens with one attached hydrogen (secondary N) is 3. The summed E-state index contributed by atoms with van der Waals surface area (Å²) in [5, 5.41) is 14.6. The van der Waals surface area contributed by atoms with Crippen molar-refractivity contribution in [3.05, 3.63) is 83.1 Å². The van der Waals surface area contributed by atoms with Crippen LogP contribution in [0.1, 0.15) is 40.1 Å². The molecular formula is C26H20F2N6O2. The van der Waals surface area contributed by atoms with Crippen LogP contribution in [0.15, 0.2) is 54.7 Å². The van der Waals surface area contributed by atoms with E-state index in [-0.39, 0.29) is 35.2 Å². The lowest BCUT2D eigenvalue weighted by Crippen LogP contribution is -2.09. The molecule has 0 aliphatic carbocycles. The van der Waals surface area contributed by atoms with Crippen LogP contribution in [0.25, 0.3) is 21.8 Å². The highest BCUT2D eigenvalue weighted by Crippen LogP contribution is 2.30. The van der Waals surface area contributed by atoms with E-state index >= 15 is 0 Å². The Kier molecular flexibility index (Phi) is 5.85. The highest BCUT2D eigenvalue weighted by atomic mass is 19.1. The Bertz CT molecular complexity index is 1640. The van der Waals surface area contributed by atoms with Gasteiger partial charge < -0.3 is 10.6 Å². The monoisotopic (exact) mass is 486 g/mol. The lowest BCUT2D eigenvalue weighted by atomic mass is 9.98. The van der Waals surface area contributed by atoms with Crippen molar-refractivity contribution in [1.82, 2.24) is 20.2 Å². The molecule has 0 fully saturated rings. The fourth-order valence-corrected chi connectivity index (χ4v) is 3.98. The number of aromatic amines is 1. The van der Waals surface area contributed by atoms with Crippen molar-refractivity contribution < 1.29 is 18.4 Å². The van der Waals surface area contributed by atoms with Gasteiger partial charge in [0.2, 0.25) is 5.95 Å². The number of hydrogen-bond donors (Lipinski definition) is 3. The van der Waals surface area contributed by atoms with Crippen LogP contribution in [0.3, 0.4) is 0 Å². The number of carbonyl (C=O) groups excluding carboxylic acids is 2. The molecule has 0 saturated carbocycles. The molecule has 36 heavy (non-hydrogen) atoms. The van der Waals surface area contributed by atoms with E-state index in [1.165, 1.54) is 26.0 Å². The lowest BCUT2D eigenvalue weighted by molar-refractivity contribution is 0.0981. The van der Waals surface area contributed by atoms with Crippen LogP contribution in [-0.4, -0.2) is 31.7 Å². The normalized spacial score (nSPS) is 11.1. The number of H-pyrrole nitrogens is 1. The fraction of sp³-hybridized carbons (Fsp3) is 0.115. The molecule has 0 amide bonds. The first-order valence-electron chi connectivity index (χ1n) is 11.0. The summed E-state index contributed by atoms with van der Waals surface area (Å²) < 4.78 is 27.2. The summed E-state index contributed by atoms with van der Waals surface area (Å²) in [6.07, 6.45) is 1.69. The number of Topliss-reactive ketones (excluding diaryl/α,β-unsaturated/α-hetero) is 2. The van der Waals surface area contributed by atoms with Gasteiger partial charge in [-0.05, 0) is 61.9 Å². The molecule has 0 saturated heterocycles. The van der Waals surface area contributed by atoms with Crippen LogP contribution in [0.2, 0.25) is 0 Å². The summed E-state index contributed by atoms with van der Waals surface area (Å²) in [5.74, 6) is -1.36. The van der Waals surface area contributed by atoms with Gasteiger partial charge in [-0.3, -0.25) is 14.7 Å². The van der Waals surface area contributed by atoms with Crippen LogP contribution >= 0.6 is 0 Å². The zero-order valence-corrected chi connectivity index (χ0v) is 19.3. The number of hydrogen-bond acceptors (Lipinski definition) is 7. The van der Waals surface area contributed by atoms with E-state index in [0.717, 1.165) is 17.0 Å². The summed E-state index contributed by atoms with van der Waals surface area (Å²) in [7, 11) is 0. The van der Waals surface area contributed by atoms with Gasteiger partial charge in [0.25, 0.3) is 0 Å². The van der Waals surface area contributed by atoms with Gasteiger partial charge in [-0.1, -0.05) is 0 Å². The number of fused-ring (bicyclic) bond motifs is 2. The highest BCUT2D eigenvalue weighted by molar-refractivity contribution is 6.11. The van der Waals surface area contributed by atoms with Crippen molar-refractivity contribution in [3.63, 3.8) is 0 Å². The SMILES string of the molecule is CC(=O)c1cc2nc(NCc3cc(F)cc(F)c3)nc(Nc3ccc4[nH]ncc4c3)c2cc1C(C)=O. The van der Waals surface area contributed by atoms with Crippen molar-refractivity contribution in [2.45, 2.75) is 20.4 Å². The molecule has 0 bridgehead atoms. The number of nitrogens with zero attached hydrogens (tertiary/aromatic N) is 3. The van der Waals surface area contributed by atoms with Crippen LogP contribution < -0.4 is 10.6 Å². The number of anilines is 3. The molecule has 0 aliphatic rings. The van der Waals surface area contributed by atoms with Crippen LogP contribution in [0, 0.1) is 11.6 Å². The molecule has 0 atom stereocenters. The first-order valence-corrected chi connectivity index (χ1v) is 11.0. The number of rotatable bonds is 7. The van der Waals surface area contributed by atoms with Crippen molar-refractivity contribution in [3.8, 4) is 0 Å². The number of carbonyl (C=O) groups is 2. The standard InChI is InChI=1S/C26H20F2N6O2/c1-13(35)20-9-22-24(10-21(20)14(2)36)32-26(29-11-15-5-17(27)8-18(28)6-15)33-25(22)31-19-3-4-23-16(7-19)12-30-34-23/h3-10,12H,11H2,1-2H3,(H,30,34)(H2,29,31,32,33). The van der Waals surface area contributed by atoms with Crippen LogP contribution in [0.5, 0.6) is 0 Å². The number of aromatic nitrogens is 4. The average molecular weight is 486 g/mol. The molecule has 2 heterocycles. The highest BCUT2D eigenvalue weighted by Gasteiger charge is 2.17. The van der Waals surface area contributed by atoms with Gasteiger partial charge in [0.1, 0.15) is 17.5 Å². The molecule has 0 spiro atoms. The first-order chi connectivity index (χ1) is 17.3. The van der Waals surface area contributed by atoms with Gasteiger partial charge in [0.15, 0.2) is 11.6 Å². The smallest absolute Gasteiger partial charge is 0.225 e. The summed E-state index contributed by atoms with van der Waals surface area (Å²) >= 11 is 0. The molecular weight excluding hydrogens is 466 g/mol. The second-order valence-corrected chi connectivity index (χ2v) is 8.35. The number of halogens is 2. The second kappa shape index (κ2) is 9.14. The van der Waals surface area contributed by atoms with E-state index in [4.69, 9.17) is 0 Å². The number of ketones is 2. The maximum absolute atomic E-state index is 13.6. The van der Waals surface area contributed by atoms with E-state index in [2.05, 4.69) is 30.8 Å².